The smallest absolute Gasteiger partial charge is 0.276 e. The van der Waals surface area contributed by atoms with Gasteiger partial charge in [-0.05, 0) is 43.5 Å². The molecule has 1 atom stereocenters. The minimum Gasteiger partial charge on any atom is -0.378 e. The number of piperidine rings is 1. The first-order valence-electron chi connectivity index (χ1n) is 10.4. The molecule has 2 aliphatic rings. The second-order valence-electron chi connectivity index (χ2n) is 7.81. The molecule has 0 spiro atoms. The Balaban J connectivity index is 1.33. The molecule has 1 amide bonds. The maximum atomic E-state index is 13.5. The summed E-state index contributed by atoms with van der Waals surface area (Å²) in [5.41, 5.74) is 1.41. The molecule has 1 unspecified atom stereocenters. The topological polar surface area (TPSA) is 63.5 Å². The molecule has 2 aliphatic heterocycles. The van der Waals surface area contributed by atoms with Crippen molar-refractivity contribution in [2.45, 2.75) is 44.8 Å². The number of hydrogen-bond acceptors (Lipinski definition) is 5. The maximum Gasteiger partial charge on any atom is 0.276 e. The molecule has 3 heterocycles. The number of halogens is 1. The highest BCUT2D eigenvalue weighted by Crippen LogP contribution is 2.22. The van der Waals surface area contributed by atoms with Gasteiger partial charge in [0.25, 0.3) is 5.91 Å². The summed E-state index contributed by atoms with van der Waals surface area (Å²) in [7, 11) is 0. The highest BCUT2D eigenvalue weighted by atomic mass is 19.1. The van der Waals surface area contributed by atoms with Crippen LogP contribution in [-0.4, -0.2) is 69.6 Å². The van der Waals surface area contributed by atoms with E-state index in [4.69, 9.17) is 4.74 Å². The first-order valence-corrected chi connectivity index (χ1v) is 10.4. The molecule has 2 fully saturated rings. The summed E-state index contributed by atoms with van der Waals surface area (Å²) in [6.07, 6.45) is 6.20. The minimum atomic E-state index is -0.184. The Morgan fingerprint density at radius 2 is 2.07 bits per heavy atom. The van der Waals surface area contributed by atoms with Crippen molar-refractivity contribution in [3.8, 4) is 0 Å². The van der Waals surface area contributed by atoms with Crippen LogP contribution in [0.15, 0.2) is 30.5 Å². The van der Waals surface area contributed by atoms with Gasteiger partial charge in [0.2, 0.25) is 0 Å². The summed E-state index contributed by atoms with van der Waals surface area (Å²) in [4.78, 5) is 16.7. The zero-order valence-electron chi connectivity index (χ0n) is 16.7. The van der Waals surface area contributed by atoms with E-state index in [-0.39, 0.29) is 11.7 Å². The molecule has 29 heavy (non-hydrogen) atoms. The molecule has 2 saturated heterocycles. The summed E-state index contributed by atoms with van der Waals surface area (Å²) >= 11 is 0. The first-order chi connectivity index (χ1) is 14.2. The third-order valence-electron chi connectivity index (χ3n) is 5.77. The van der Waals surface area contributed by atoms with Crippen molar-refractivity contribution in [3.63, 3.8) is 0 Å². The van der Waals surface area contributed by atoms with Crippen LogP contribution in [0.2, 0.25) is 0 Å². The quantitative estimate of drug-likeness (QED) is 0.744. The number of carbonyl (C=O) groups is 1. The predicted molar refractivity (Wildman–Crippen MR) is 106 cm³/mol. The van der Waals surface area contributed by atoms with Crippen LogP contribution < -0.4 is 0 Å². The van der Waals surface area contributed by atoms with Gasteiger partial charge in [-0.25, -0.2) is 4.39 Å². The number of morpholine rings is 1. The fraction of sp³-hybridized carbons (Fsp3) is 0.571. The Morgan fingerprint density at radius 3 is 2.90 bits per heavy atom. The van der Waals surface area contributed by atoms with Gasteiger partial charge in [0.05, 0.1) is 19.4 Å². The van der Waals surface area contributed by atoms with Crippen molar-refractivity contribution >= 4 is 5.91 Å². The number of ether oxygens (including phenoxy) is 1. The van der Waals surface area contributed by atoms with Gasteiger partial charge in [-0.1, -0.05) is 23.8 Å². The molecule has 1 aromatic carbocycles. The highest BCUT2D eigenvalue weighted by molar-refractivity contribution is 5.91. The van der Waals surface area contributed by atoms with Crippen LogP contribution in [-0.2, 0) is 17.8 Å². The monoisotopic (exact) mass is 401 g/mol. The van der Waals surface area contributed by atoms with Crippen LogP contribution >= 0.6 is 0 Å². The van der Waals surface area contributed by atoms with Gasteiger partial charge in [-0.3, -0.25) is 14.4 Å². The average molecular weight is 401 g/mol. The zero-order chi connectivity index (χ0) is 20.1. The number of benzene rings is 1. The summed E-state index contributed by atoms with van der Waals surface area (Å²) in [6.45, 7) is 4.85. The van der Waals surface area contributed by atoms with Crippen LogP contribution in [0.1, 0.15) is 41.7 Å². The third-order valence-corrected chi connectivity index (χ3v) is 5.77. The first kappa shape index (κ1) is 20.0. The van der Waals surface area contributed by atoms with Gasteiger partial charge < -0.3 is 9.64 Å². The zero-order valence-corrected chi connectivity index (χ0v) is 16.7. The molecule has 7 nitrogen and oxygen atoms in total. The van der Waals surface area contributed by atoms with E-state index in [1.807, 2.05) is 6.07 Å². The van der Waals surface area contributed by atoms with Gasteiger partial charge in [-0.15, -0.1) is 5.10 Å². The molecule has 1 aromatic heterocycles. The largest absolute Gasteiger partial charge is 0.378 e. The molecule has 0 radical (unpaired) electrons. The van der Waals surface area contributed by atoms with Crippen molar-refractivity contribution < 1.29 is 13.9 Å². The number of nitrogens with zero attached hydrogens (tertiary/aromatic N) is 5. The van der Waals surface area contributed by atoms with Crippen molar-refractivity contribution in [1.29, 1.82) is 0 Å². The van der Waals surface area contributed by atoms with Crippen LogP contribution in [0.5, 0.6) is 0 Å². The number of amides is 1. The molecule has 4 rings (SSSR count). The number of hydrogen-bond donors (Lipinski definition) is 0. The van der Waals surface area contributed by atoms with Crippen LogP contribution in [0.4, 0.5) is 4.39 Å². The molecule has 0 aliphatic carbocycles. The van der Waals surface area contributed by atoms with Crippen molar-refractivity contribution in [2.75, 3.05) is 32.8 Å². The number of rotatable bonds is 6. The summed E-state index contributed by atoms with van der Waals surface area (Å²) in [5, 5.41) is 8.23. The summed E-state index contributed by atoms with van der Waals surface area (Å²) in [6, 6.07) is 7.28. The molecule has 8 heteroatoms. The third kappa shape index (κ3) is 5.19. The van der Waals surface area contributed by atoms with Gasteiger partial charge in [0.15, 0.2) is 5.69 Å². The second-order valence-corrected chi connectivity index (χ2v) is 7.81. The Labute approximate surface area is 170 Å². The normalized spacial score (nSPS) is 20.7. The average Bonchev–Trinajstić information content (AvgIpc) is 3.22. The molecule has 0 N–H and O–H groups in total. The van der Waals surface area contributed by atoms with E-state index >= 15 is 0 Å². The molecule has 156 valence electrons. The lowest BCUT2D eigenvalue weighted by Gasteiger charge is -2.35. The van der Waals surface area contributed by atoms with Gasteiger partial charge in [0, 0.05) is 32.2 Å². The van der Waals surface area contributed by atoms with E-state index in [1.54, 1.807) is 27.9 Å². The number of carbonyl (C=O) groups excluding carboxylic acids is 1. The van der Waals surface area contributed by atoms with Gasteiger partial charge >= 0.3 is 0 Å². The summed E-state index contributed by atoms with van der Waals surface area (Å²) in [5.74, 6) is -0.263. The minimum absolute atomic E-state index is 0.0788. The second kappa shape index (κ2) is 9.45. The molecular weight excluding hydrogens is 373 g/mol. The van der Waals surface area contributed by atoms with E-state index < -0.39 is 0 Å². The lowest BCUT2D eigenvalue weighted by Crippen LogP contribution is -2.40. The Kier molecular flexibility index (Phi) is 6.51. The van der Waals surface area contributed by atoms with Crippen LogP contribution in [0.3, 0.4) is 0 Å². The molecular formula is C21H28FN5O2. The van der Waals surface area contributed by atoms with Crippen LogP contribution in [0.25, 0.3) is 0 Å². The lowest BCUT2D eigenvalue weighted by molar-refractivity contribution is 0.0299. The molecule has 0 saturated carbocycles. The van der Waals surface area contributed by atoms with E-state index in [0.717, 1.165) is 31.5 Å². The standard InChI is InChI=1S/C21H28FN5O2/c22-18-5-3-4-17(14-18)15-26-8-2-1-6-19(26)7-9-27-16-20(23-24-27)21(28)25-10-12-29-13-11-25/h3-5,14,16,19H,1-2,6-13,15H2. The maximum absolute atomic E-state index is 13.5. The Hall–Kier alpha value is -2.32. The van der Waals surface area contributed by atoms with E-state index in [2.05, 4.69) is 15.2 Å². The number of likely N-dealkylation sites (tertiary alicyclic amines) is 1. The number of aryl methyl sites for hydroxylation is 1. The van der Waals surface area contributed by atoms with Gasteiger partial charge in [0.1, 0.15) is 5.82 Å². The molecule has 0 bridgehead atoms. The lowest BCUT2D eigenvalue weighted by atomic mass is 9.98. The van der Waals surface area contributed by atoms with Crippen molar-refractivity contribution in [1.82, 2.24) is 24.8 Å². The SMILES string of the molecule is O=C(c1cn(CCC2CCCCN2Cc2cccc(F)c2)nn1)N1CCOCC1. The predicted octanol–water partition coefficient (Wildman–Crippen LogP) is 2.33. The van der Waals surface area contributed by atoms with Crippen molar-refractivity contribution in [2.24, 2.45) is 0 Å². The van der Waals surface area contributed by atoms with Crippen molar-refractivity contribution in [3.05, 3.63) is 47.5 Å². The number of aromatic nitrogens is 3. The van der Waals surface area contributed by atoms with E-state index in [1.165, 1.54) is 18.9 Å². The van der Waals surface area contributed by atoms with E-state index in [9.17, 15) is 9.18 Å². The Morgan fingerprint density at radius 1 is 1.21 bits per heavy atom. The highest BCUT2D eigenvalue weighted by Gasteiger charge is 2.24. The van der Waals surface area contributed by atoms with E-state index in [0.29, 0.717) is 44.6 Å². The summed E-state index contributed by atoms with van der Waals surface area (Å²) < 4.78 is 20.6. The molecule has 2 aromatic rings. The fourth-order valence-corrected chi connectivity index (χ4v) is 4.18. The van der Waals surface area contributed by atoms with Crippen LogP contribution in [0, 0.1) is 5.82 Å². The Bertz CT molecular complexity index is 821. The van der Waals surface area contributed by atoms with Gasteiger partial charge in [-0.2, -0.15) is 0 Å². The fourth-order valence-electron chi connectivity index (χ4n) is 4.18.